The van der Waals surface area contributed by atoms with Gasteiger partial charge in [0.1, 0.15) is 21.4 Å². The molecular formula is C13H28N2O2S2. The second kappa shape index (κ2) is 9.23. The van der Waals surface area contributed by atoms with Gasteiger partial charge in [0, 0.05) is 11.4 Å². The van der Waals surface area contributed by atoms with E-state index in [-0.39, 0.29) is 10.00 Å². The maximum atomic E-state index is 11.5. The van der Waals surface area contributed by atoms with E-state index in [1.54, 1.807) is 0 Å². The third-order valence-corrected chi connectivity index (χ3v) is 5.49. The zero-order valence-corrected chi connectivity index (χ0v) is 14.4. The average Bonchev–Trinajstić information content (AvgIpc) is 2.80. The van der Waals surface area contributed by atoms with Gasteiger partial charge < -0.3 is 9.11 Å². The van der Waals surface area contributed by atoms with Gasteiger partial charge in [-0.2, -0.15) is 5.14 Å². The summed E-state index contributed by atoms with van der Waals surface area (Å²) in [4.78, 5) is 0. The number of nitrogens with zero attached hydrogens (tertiary/aromatic N) is 1. The number of hydrogen-bond acceptors (Lipinski definition) is 4. The SMILES string of the molecule is CC(C)(C)[S+]([O-])N=C1CCCC1.CCC(C)[S+](N)[O-]. The maximum absolute atomic E-state index is 11.5. The van der Waals surface area contributed by atoms with Crippen LogP contribution in [0.4, 0.5) is 0 Å². The molecule has 0 radical (unpaired) electrons. The van der Waals surface area contributed by atoms with E-state index < -0.39 is 22.7 Å². The molecule has 0 heterocycles. The maximum Gasteiger partial charge on any atom is 0.144 e. The van der Waals surface area contributed by atoms with E-state index >= 15 is 0 Å². The van der Waals surface area contributed by atoms with Crippen LogP contribution in [0, 0.1) is 0 Å². The van der Waals surface area contributed by atoms with Crippen molar-refractivity contribution in [1.82, 2.24) is 0 Å². The molecule has 2 N–H and O–H groups in total. The molecule has 0 bridgehead atoms. The summed E-state index contributed by atoms with van der Waals surface area (Å²) in [7, 11) is 0. The first-order valence-corrected chi connectivity index (χ1v) is 9.20. The van der Waals surface area contributed by atoms with Crippen molar-refractivity contribution in [3.63, 3.8) is 0 Å². The Morgan fingerprint density at radius 3 is 2.00 bits per heavy atom. The molecule has 0 aromatic rings. The first kappa shape index (κ1) is 19.2. The van der Waals surface area contributed by atoms with Gasteiger partial charge in [0.25, 0.3) is 0 Å². The van der Waals surface area contributed by atoms with Crippen molar-refractivity contribution in [2.75, 3.05) is 0 Å². The number of hydrogen-bond donors (Lipinski definition) is 1. The minimum absolute atomic E-state index is 0.153. The summed E-state index contributed by atoms with van der Waals surface area (Å²) in [5.74, 6) is 0. The summed E-state index contributed by atoms with van der Waals surface area (Å²) in [6.45, 7) is 9.72. The molecule has 19 heavy (non-hydrogen) atoms. The van der Waals surface area contributed by atoms with Crippen molar-refractivity contribution in [2.45, 2.75) is 76.7 Å². The van der Waals surface area contributed by atoms with Crippen LogP contribution in [-0.4, -0.2) is 24.8 Å². The van der Waals surface area contributed by atoms with Gasteiger partial charge in [0.15, 0.2) is 0 Å². The lowest BCUT2D eigenvalue weighted by atomic mass is 10.3. The molecule has 6 heteroatoms. The Hall–Kier alpha value is 0.250. The average molecular weight is 309 g/mol. The predicted octanol–water partition coefficient (Wildman–Crippen LogP) is 2.87. The Labute approximate surface area is 124 Å². The number of nitrogens with two attached hydrogens (primary N) is 1. The van der Waals surface area contributed by atoms with E-state index in [0.29, 0.717) is 0 Å². The smallest absolute Gasteiger partial charge is 0.144 e. The van der Waals surface area contributed by atoms with Gasteiger partial charge in [-0.1, -0.05) is 11.3 Å². The lowest BCUT2D eigenvalue weighted by Gasteiger charge is -2.18. The third kappa shape index (κ3) is 8.92. The molecule has 114 valence electrons. The van der Waals surface area contributed by atoms with Crippen LogP contribution in [0.15, 0.2) is 4.40 Å². The fourth-order valence-corrected chi connectivity index (χ4v) is 2.31. The Kier molecular flexibility index (Phi) is 9.36. The highest BCUT2D eigenvalue weighted by molar-refractivity contribution is 7.91. The lowest BCUT2D eigenvalue weighted by molar-refractivity contribution is 0.561. The molecule has 1 aliphatic carbocycles. The summed E-state index contributed by atoms with van der Waals surface area (Å²) < 4.78 is 25.8. The van der Waals surface area contributed by atoms with Crippen LogP contribution in [0.1, 0.15) is 66.7 Å². The molecule has 0 aliphatic heterocycles. The zero-order valence-electron chi connectivity index (χ0n) is 12.8. The van der Waals surface area contributed by atoms with Gasteiger partial charge in [-0.25, -0.2) is 0 Å². The van der Waals surface area contributed by atoms with E-state index in [9.17, 15) is 9.11 Å². The topological polar surface area (TPSA) is 84.5 Å². The van der Waals surface area contributed by atoms with Crippen molar-refractivity contribution < 1.29 is 9.11 Å². The van der Waals surface area contributed by atoms with E-state index in [1.165, 1.54) is 12.8 Å². The van der Waals surface area contributed by atoms with E-state index in [1.807, 2.05) is 34.6 Å². The van der Waals surface area contributed by atoms with Gasteiger partial charge in [-0.05, 0) is 59.8 Å². The van der Waals surface area contributed by atoms with Crippen LogP contribution >= 0.6 is 0 Å². The molecule has 0 aromatic carbocycles. The van der Waals surface area contributed by atoms with Crippen LogP contribution in [0.5, 0.6) is 0 Å². The van der Waals surface area contributed by atoms with Crippen molar-refractivity contribution in [3.8, 4) is 0 Å². The van der Waals surface area contributed by atoms with E-state index in [0.717, 1.165) is 25.0 Å². The quantitative estimate of drug-likeness (QED) is 0.813. The fraction of sp³-hybridized carbons (Fsp3) is 0.923. The molecule has 1 aliphatic rings. The first-order chi connectivity index (χ1) is 8.68. The lowest BCUT2D eigenvalue weighted by Crippen LogP contribution is -2.26. The van der Waals surface area contributed by atoms with Crippen LogP contribution in [-0.2, 0) is 22.7 Å². The van der Waals surface area contributed by atoms with Crippen LogP contribution in [0.3, 0.4) is 0 Å². The molecule has 4 nitrogen and oxygen atoms in total. The van der Waals surface area contributed by atoms with Crippen LogP contribution < -0.4 is 5.14 Å². The molecular weight excluding hydrogens is 280 g/mol. The standard InChI is InChI=1S/C9H17NOS.C4H11NOS/c1-9(2,3)12(11)10-8-6-4-5-7-8;1-3-4(2)7(5)6/h4-7H2,1-3H3;4H,3,5H2,1-2H3. The molecule has 0 spiro atoms. The Balaban J connectivity index is 0.000000399. The minimum Gasteiger partial charge on any atom is -0.598 e. The molecule has 1 rings (SSSR count). The van der Waals surface area contributed by atoms with Crippen molar-refractivity contribution in [1.29, 1.82) is 0 Å². The predicted molar refractivity (Wildman–Crippen MR) is 85.9 cm³/mol. The highest BCUT2D eigenvalue weighted by atomic mass is 32.2. The highest BCUT2D eigenvalue weighted by Gasteiger charge is 2.27. The van der Waals surface area contributed by atoms with Crippen LogP contribution in [0.2, 0.25) is 0 Å². The summed E-state index contributed by atoms with van der Waals surface area (Å²) >= 11 is -2.15. The van der Waals surface area contributed by atoms with Gasteiger partial charge in [0.2, 0.25) is 0 Å². The largest absolute Gasteiger partial charge is 0.598 e. The molecule has 0 aromatic heterocycles. The van der Waals surface area contributed by atoms with Crippen molar-refractivity contribution >= 4 is 28.4 Å². The Morgan fingerprint density at radius 1 is 1.26 bits per heavy atom. The summed E-state index contributed by atoms with van der Waals surface area (Å²) in [5, 5.41) is 5.17. The highest BCUT2D eigenvalue weighted by Crippen LogP contribution is 2.21. The monoisotopic (exact) mass is 308 g/mol. The van der Waals surface area contributed by atoms with E-state index in [2.05, 4.69) is 4.40 Å². The Bertz CT molecular complexity index is 270. The zero-order chi connectivity index (χ0) is 15.1. The molecule has 0 amide bonds. The van der Waals surface area contributed by atoms with Gasteiger partial charge in [0.05, 0.1) is 5.71 Å². The van der Waals surface area contributed by atoms with E-state index in [4.69, 9.17) is 5.14 Å². The summed E-state index contributed by atoms with van der Waals surface area (Å²) in [6.07, 6.45) is 5.45. The molecule has 0 saturated heterocycles. The van der Waals surface area contributed by atoms with Crippen molar-refractivity contribution in [2.24, 2.45) is 9.54 Å². The molecule has 3 atom stereocenters. The van der Waals surface area contributed by atoms with Gasteiger partial charge >= 0.3 is 0 Å². The normalized spacial score (nSPS) is 20.3. The summed E-state index contributed by atoms with van der Waals surface area (Å²) in [6, 6.07) is 0. The fourth-order valence-electron chi connectivity index (χ4n) is 1.29. The second-order valence-corrected chi connectivity index (χ2v) is 9.14. The molecule has 1 saturated carbocycles. The second-order valence-electron chi connectivity index (χ2n) is 5.77. The molecule has 1 fully saturated rings. The van der Waals surface area contributed by atoms with Gasteiger partial charge in [-0.3, -0.25) is 0 Å². The number of rotatable bonds is 3. The van der Waals surface area contributed by atoms with Crippen molar-refractivity contribution in [3.05, 3.63) is 0 Å². The Morgan fingerprint density at radius 2 is 1.74 bits per heavy atom. The summed E-state index contributed by atoms with van der Waals surface area (Å²) in [5.41, 5.74) is 1.16. The third-order valence-electron chi connectivity index (χ3n) is 2.89. The first-order valence-electron chi connectivity index (χ1n) is 6.81. The molecule has 3 unspecified atom stereocenters. The van der Waals surface area contributed by atoms with Gasteiger partial charge in [-0.15, -0.1) is 0 Å². The van der Waals surface area contributed by atoms with Crippen LogP contribution in [0.25, 0.3) is 0 Å². The minimum atomic E-state index is -1.11.